The van der Waals surface area contributed by atoms with E-state index in [1.54, 1.807) is 34.7 Å². The molecule has 1 unspecified atom stereocenters. The highest BCUT2D eigenvalue weighted by Crippen LogP contribution is 2.40. The van der Waals surface area contributed by atoms with Gasteiger partial charge in [-0.1, -0.05) is 6.07 Å². The molecule has 0 radical (unpaired) electrons. The van der Waals surface area contributed by atoms with Crippen LogP contribution < -0.4 is 10.0 Å². The number of anilines is 1. The van der Waals surface area contributed by atoms with E-state index in [9.17, 15) is 26.8 Å². The molecular weight excluding hydrogens is 606 g/mol. The second-order valence-corrected chi connectivity index (χ2v) is 12.7. The van der Waals surface area contributed by atoms with Gasteiger partial charge in [-0.25, -0.2) is 17.2 Å². The van der Waals surface area contributed by atoms with Crippen LogP contribution in [0.4, 0.5) is 14.5 Å². The minimum Gasteiger partial charge on any atom is -0.455 e. The van der Waals surface area contributed by atoms with Crippen molar-refractivity contribution in [3.05, 3.63) is 89.1 Å². The minimum atomic E-state index is -3.77. The summed E-state index contributed by atoms with van der Waals surface area (Å²) in [5.74, 6) is -1.74. The van der Waals surface area contributed by atoms with Crippen LogP contribution in [0.25, 0.3) is 33.2 Å². The Hall–Kier alpha value is -4.75. The third-order valence-corrected chi connectivity index (χ3v) is 9.31. The first-order chi connectivity index (χ1) is 21.5. The highest BCUT2D eigenvalue weighted by molar-refractivity contribution is 7.92. The largest absolute Gasteiger partial charge is 0.455 e. The Morgan fingerprint density at radius 1 is 1.04 bits per heavy atom. The lowest BCUT2D eigenvalue weighted by Crippen LogP contribution is -2.43. The lowest BCUT2D eigenvalue weighted by Gasteiger charge is -2.34. The third kappa shape index (κ3) is 5.53. The molecule has 2 aromatic heterocycles. The molecule has 1 fully saturated rings. The first kappa shape index (κ1) is 30.3. The van der Waals surface area contributed by atoms with E-state index >= 15 is 0 Å². The van der Waals surface area contributed by atoms with Crippen LogP contribution in [0.15, 0.2) is 65.1 Å². The van der Waals surface area contributed by atoms with E-state index in [0.717, 1.165) is 0 Å². The summed E-state index contributed by atoms with van der Waals surface area (Å²) in [6.45, 7) is 1.93. The zero-order chi connectivity index (χ0) is 32.0. The van der Waals surface area contributed by atoms with E-state index in [1.807, 2.05) is 0 Å². The average molecular weight is 637 g/mol. The van der Waals surface area contributed by atoms with E-state index in [2.05, 4.69) is 10.0 Å². The monoisotopic (exact) mass is 636 g/mol. The number of aromatic nitrogens is 1. The number of benzene rings is 3. The number of fused-ring (bicyclic) bond motifs is 2. The number of carbonyl (C=O) groups excluding carboxylic acids is 2. The molecule has 0 saturated carbocycles. The molecule has 3 heterocycles. The fourth-order valence-corrected chi connectivity index (χ4v) is 6.28. The quantitative estimate of drug-likeness (QED) is 0.253. The van der Waals surface area contributed by atoms with Crippen molar-refractivity contribution >= 4 is 49.4 Å². The van der Waals surface area contributed by atoms with Crippen LogP contribution in [0.2, 0.25) is 0 Å². The van der Waals surface area contributed by atoms with Gasteiger partial charge in [-0.15, -0.1) is 0 Å². The Bertz CT molecular complexity index is 2070. The number of nitrogens with one attached hydrogen (secondary N) is 2. The number of aryl methyl sites for hydroxylation is 1. The Labute approximate surface area is 257 Å². The van der Waals surface area contributed by atoms with Gasteiger partial charge >= 0.3 is 0 Å². The molecule has 1 aliphatic heterocycles. The Morgan fingerprint density at radius 3 is 2.49 bits per heavy atom. The molecule has 0 bridgehead atoms. The predicted octanol–water partition coefficient (Wildman–Crippen LogP) is 5.20. The van der Waals surface area contributed by atoms with Crippen molar-refractivity contribution in [2.45, 2.75) is 13.0 Å². The van der Waals surface area contributed by atoms with Gasteiger partial charge in [-0.05, 0) is 55.5 Å². The standard InChI is InChI=1S/C32H30F2N4O6S/c1-4-45(41,42)36-24-16-27-22(29(31(39)35-2)30(44-27)18-8-10-19(33)11-9-18)14-21(24)28-17-38(12-13-43-28)32(40)26-15-20-23(34)6-5-7-25(20)37(26)3/h5-11,14-16,28,36H,4,12-13,17H2,1-3H3,(H,35,39). The first-order valence-corrected chi connectivity index (χ1v) is 15.9. The van der Waals surface area contributed by atoms with E-state index in [-0.39, 0.29) is 54.0 Å². The molecule has 13 heteroatoms. The molecule has 0 spiro atoms. The molecule has 3 aromatic carbocycles. The molecule has 5 aromatic rings. The Kier molecular flexibility index (Phi) is 7.83. The number of hydrogen-bond acceptors (Lipinski definition) is 6. The highest BCUT2D eigenvalue weighted by Gasteiger charge is 2.32. The van der Waals surface area contributed by atoms with Crippen LogP contribution in [0.3, 0.4) is 0 Å². The maximum absolute atomic E-state index is 14.5. The number of carbonyl (C=O) groups is 2. The summed E-state index contributed by atoms with van der Waals surface area (Å²) in [6.07, 6.45) is -0.796. The molecule has 45 heavy (non-hydrogen) atoms. The fraction of sp³-hybridized carbons (Fsp3) is 0.250. The zero-order valence-corrected chi connectivity index (χ0v) is 25.5. The van der Waals surface area contributed by atoms with Crippen molar-refractivity contribution in [1.82, 2.24) is 14.8 Å². The summed E-state index contributed by atoms with van der Waals surface area (Å²) in [4.78, 5) is 28.5. The summed E-state index contributed by atoms with van der Waals surface area (Å²) in [5.41, 5.74) is 2.25. The van der Waals surface area contributed by atoms with Crippen LogP contribution in [0, 0.1) is 11.6 Å². The van der Waals surface area contributed by atoms with E-state index < -0.39 is 33.7 Å². The van der Waals surface area contributed by atoms with Crippen LogP contribution in [0.1, 0.15) is 39.4 Å². The summed E-state index contributed by atoms with van der Waals surface area (Å²) in [7, 11) is -0.612. The molecule has 1 aliphatic rings. The predicted molar refractivity (Wildman–Crippen MR) is 166 cm³/mol. The summed E-state index contributed by atoms with van der Waals surface area (Å²) in [5, 5.41) is 3.31. The van der Waals surface area contributed by atoms with E-state index in [0.29, 0.717) is 33.1 Å². The topological polar surface area (TPSA) is 123 Å². The lowest BCUT2D eigenvalue weighted by atomic mass is 9.99. The molecule has 1 atom stereocenters. The van der Waals surface area contributed by atoms with Crippen molar-refractivity contribution in [1.29, 1.82) is 0 Å². The second kappa shape index (κ2) is 11.6. The van der Waals surface area contributed by atoms with Gasteiger partial charge in [-0.3, -0.25) is 14.3 Å². The zero-order valence-electron chi connectivity index (χ0n) is 24.7. The Balaban J connectivity index is 1.45. The van der Waals surface area contributed by atoms with Gasteiger partial charge in [-0.2, -0.15) is 0 Å². The normalized spacial score (nSPS) is 15.5. The molecule has 10 nitrogen and oxygen atoms in total. The van der Waals surface area contributed by atoms with Crippen LogP contribution >= 0.6 is 0 Å². The Morgan fingerprint density at radius 2 is 1.80 bits per heavy atom. The molecule has 234 valence electrons. The van der Waals surface area contributed by atoms with Gasteiger partial charge in [0.15, 0.2) is 0 Å². The van der Waals surface area contributed by atoms with Gasteiger partial charge in [0, 0.05) is 48.6 Å². The number of rotatable bonds is 7. The summed E-state index contributed by atoms with van der Waals surface area (Å²) >= 11 is 0. The molecule has 6 rings (SSSR count). The maximum atomic E-state index is 14.5. The van der Waals surface area contributed by atoms with Gasteiger partial charge in [0.1, 0.15) is 34.8 Å². The van der Waals surface area contributed by atoms with Crippen molar-refractivity contribution in [2.24, 2.45) is 7.05 Å². The average Bonchev–Trinajstić information content (AvgIpc) is 3.58. The number of amides is 2. The van der Waals surface area contributed by atoms with Gasteiger partial charge in [0.2, 0.25) is 10.0 Å². The maximum Gasteiger partial charge on any atom is 0.270 e. The number of halogens is 2. The lowest BCUT2D eigenvalue weighted by molar-refractivity contribution is -0.0227. The molecular formula is C32H30F2N4O6S. The highest BCUT2D eigenvalue weighted by atomic mass is 32.2. The van der Waals surface area contributed by atoms with Gasteiger partial charge in [0.25, 0.3) is 11.8 Å². The molecule has 2 N–H and O–H groups in total. The van der Waals surface area contributed by atoms with Crippen LogP contribution in [0.5, 0.6) is 0 Å². The van der Waals surface area contributed by atoms with Gasteiger partial charge in [0.05, 0.1) is 35.7 Å². The minimum absolute atomic E-state index is 0.0488. The number of morpholine rings is 1. The van der Waals surface area contributed by atoms with Crippen molar-refractivity contribution in [3.63, 3.8) is 0 Å². The SMILES string of the molecule is CCS(=O)(=O)Nc1cc2oc(-c3ccc(F)cc3)c(C(=O)NC)c2cc1C1CN(C(=O)c2cc3c(F)cccc3n2C)CCO1. The number of furan rings is 1. The number of nitrogens with zero attached hydrogens (tertiary/aromatic N) is 2. The van der Waals surface area contributed by atoms with Crippen molar-refractivity contribution in [3.8, 4) is 11.3 Å². The summed E-state index contributed by atoms with van der Waals surface area (Å²) in [6, 6.07) is 14.7. The van der Waals surface area contributed by atoms with E-state index in [1.165, 1.54) is 56.4 Å². The fourth-order valence-electron chi connectivity index (χ4n) is 5.62. The van der Waals surface area contributed by atoms with Crippen LogP contribution in [-0.4, -0.2) is 62.2 Å². The molecule has 1 saturated heterocycles. The van der Waals surface area contributed by atoms with Crippen molar-refractivity contribution in [2.75, 3.05) is 37.2 Å². The third-order valence-electron chi connectivity index (χ3n) is 8.02. The van der Waals surface area contributed by atoms with Gasteiger partial charge < -0.3 is 23.9 Å². The smallest absolute Gasteiger partial charge is 0.270 e. The van der Waals surface area contributed by atoms with Crippen molar-refractivity contribution < 1.29 is 35.9 Å². The number of sulfonamides is 1. The molecule has 2 amide bonds. The second-order valence-electron chi connectivity index (χ2n) is 10.7. The first-order valence-electron chi connectivity index (χ1n) is 14.2. The van der Waals surface area contributed by atoms with Crippen LogP contribution in [-0.2, 0) is 21.8 Å². The number of ether oxygens (including phenoxy) is 1. The summed E-state index contributed by atoms with van der Waals surface area (Å²) < 4.78 is 70.1. The molecule has 0 aliphatic carbocycles. The number of hydrogen-bond donors (Lipinski definition) is 2. The van der Waals surface area contributed by atoms with E-state index in [4.69, 9.17) is 9.15 Å².